The van der Waals surface area contributed by atoms with Gasteiger partial charge in [0.05, 0.1) is 7.11 Å². The van der Waals surface area contributed by atoms with E-state index in [9.17, 15) is 4.79 Å². The second kappa shape index (κ2) is 7.34. The fourth-order valence-corrected chi connectivity index (χ4v) is 3.12. The SMILES string of the molecule is COc1ccc(-c2noc(COC(=O)c3cccc4c3OC(C)C4C)n2)cc1. The Morgan fingerprint density at radius 1 is 1.14 bits per heavy atom. The fraction of sp³-hybridized carbons (Fsp3) is 0.286. The van der Waals surface area contributed by atoms with E-state index >= 15 is 0 Å². The van der Waals surface area contributed by atoms with Crippen LogP contribution in [0.5, 0.6) is 11.5 Å². The highest BCUT2D eigenvalue weighted by molar-refractivity contribution is 5.93. The van der Waals surface area contributed by atoms with Gasteiger partial charge in [-0.3, -0.25) is 0 Å². The molecule has 2 heterocycles. The maximum absolute atomic E-state index is 12.5. The Hall–Kier alpha value is -3.35. The van der Waals surface area contributed by atoms with Crippen LogP contribution in [0.1, 0.15) is 41.6 Å². The van der Waals surface area contributed by atoms with Crippen molar-refractivity contribution >= 4 is 5.97 Å². The number of hydrogen-bond acceptors (Lipinski definition) is 7. The molecule has 7 nitrogen and oxygen atoms in total. The lowest BCUT2D eigenvalue weighted by molar-refractivity contribution is 0.0424. The van der Waals surface area contributed by atoms with E-state index in [4.69, 9.17) is 18.7 Å². The van der Waals surface area contributed by atoms with Gasteiger partial charge in [0.15, 0.2) is 6.61 Å². The van der Waals surface area contributed by atoms with Crippen LogP contribution in [0, 0.1) is 0 Å². The zero-order chi connectivity index (χ0) is 19.7. The third kappa shape index (κ3) is 3.31. The smallest absolute Gasteiger partial charge is 0.342 e. The highest BCUT2D eigenvalue weighted by Crippen LogP contribution is 2.40. The number of fused-ring (bicyclic) bond motifs is 1. The van der Waals surface area contributed by atoms with Crippen LogP contribution in [0.4, 0.5) is 0 Å². The number of esters is 1. The van der Waals surface area contributed by atoms with E-state index in [-0.39, 0.29) is 24.5 Å². The van der Waals surface area contributed by atoms with Crippen molar-refractivity contribution in [1.29, 1.82) is 0 Å². The molecule has 0 N–H and O–H groups in total. The van der Waals surface area contributed by atoms with Gasteiger partial charge in [-0.15, -0.1) is 0 Å². The second-order valence-electron chi connectivity index (χ2n) is 6.65. The van der Waals surface area contributed by atoms with Crippen LogP contribution in [0.15, 0.2) is 47.0 Å². The lowest BCUT2D eigenvalue weighted by atomic mass is 9.97. The van der Waals surface area contributed by atoms with E-state index < -0.39 is 5.97 Å². The van der Waals surface area contributed by atoms with Gasteiger partial charge in [0.25, 0.3) is 5.89 Å². The predicted octanol–water partition coefficient (Wildman–Crippen LogP) is 3.99. The summed E-state index contributed by atoms with van der Waals surface area (Å²) in [6, 6.07) is 12.8. The molecular formula is C21H20N2O5. The van der Waals surface area contributed by atoms with Crippen molar-refractivity contribution in [2.45, 2.75) is 32.5 Å². The summed E-state index contributed by atoms with van der Waals surface area (Å²) in [5.74, 6) is 1.71. The molecule has 0 saturated carbocycles. The summed E-state index contributed by atoms with van der Waals surface area (Å²) in [4.78, 5) is 16.8. The molecule has 4 rings (SSSR count). The van der Waals surface area contributed by atoms with E-state index in [2.05, 4.69) is 17.1 Å². The molecule has 0 aliphatic carbocycles. The topological polar surface area (TPSA) is 83.7 Å². The van der Waals surface area contributed by atoms with E-state index in [1.54, 1.807) is 13.2 Å². The monoisotopic (exact) mass is 380 g/mol. The van der Waals surface area contributed by atoms with Crippen molar-refractivity contribution in [3.8, 4) is 22.9 Å². The summed E-state index contributed by atoms with van der Waals surface area (Å²) < 4.78 is 21.5. The number of methoxy groups -OCH3 is 1. The molecule has 2 atom stereocenters. The van der Waals surface area contributed by atoms with Gasteiger partial charge in [-0.25, -0.2) is 4.79 Å². The molecule has 0 amide bonds. The maximum Gasteiger partial charge on any atom is 0.342 e. The average molecular weight is 380 g/mol. The zero-order valence-electron chi connectivity index (χ0n) is 15.8. The molecule has 0 saturated heterocycles. The van der Waals surface area contributed by atoms with Gasteiger partial charge in [0.2, 0.25) is 5.82 Å². The van der Waals surface area contributed by atoms with Gasteiger partial charge < -0.3 is 18.7 Å². The molecule has 2 aromatic carbocycles. The quantitative estimate of drug-likeness (QED) is 0.619. The van der Waals surface area contributed by atoms with Crippen molar-refractivity contribution in [2.75, 3.05) is 7.11 Å². The maximum atomic E-state index is 12.5. The van der Waals surface area contributed by atoms with Crippen LogP contribution >= 0.6 is 0 Å². The normalized spacial score (nSPS) is 17.7. The molecule has 0 radical (unpaired) electrons. The molecule has 1 aliphatic rings. The summed E-state index contributed by atoms with van der Waals surface area (Å²) >= 11 is 0. The first kappa shape index (κ1) is 18.0. The van der Waals surface area contributed by atoms with Gasteiger partial charge in [-0.2, -0.15) is 4.98 Å². The fourth-order valence-electron chi connectivity index (χ4n) is 3.12. The van der Waals surface area contributed by atoms with E-state index in [1.165, 1.54) is 0 Å². The minimum absolute atomic E-state index is 0.0203. The minimum Gasteiger partial charge on any atom is -0.497 e. The van der Waals surface area contributed by atoms with Crippen molar-refractivity contribution in [1.82, 2.24) is 10.1 Å². The number of nitrogens with zero attached hydrogens (tertiary/aromatic N) is 2. The Kier molecular flexibility index (Phi) is 4.73. The molecule has 144 valence electrons. The highest BCUT2D eigenvalue weighted by Gasteiger charge is 2.31. The lowest BCUT2D eigenvalue weighted by Gasteiger charge is -2.08. The van der Waals surface area contributed by atoms with Crippen LogP contribution in [0.3, 0.4) is 0 Å². The van der Waals surface area contributed by atoms with Crippen molar-refractivity contribution in [3.63, 3.8) is 0 Å². The highest BCUT2D eigenvalue weighted by atomic mass is 16.6. The number of carbonyl (C=O) groups excluding carboxylic acids is 1. The molecule has 28 heavy (non-hydrogen) atoms. The van der Waals surface area contributed by atoms with Gasteiger partial charge in [-0.05, 0) is 37.3 Å². The van der Waals surface area contributed by atoms with Gasteiger partial charge in [-0.1, -0.05) is 24.2 Å². The molecule has 3 aromatic rings. The lowest BCUT2D eigenvalue weighted by Crippen LogP contribution is -2.11. The third-order valence-corrected chi connectivity index (χ3v) is 4.91. The van der Waals surface area contributed by atoms with Crippen molar-refractivity contribution < 1.29 is 23.5 Å². The van der Waals surface area contributed by atoms with Gasteiger partial charge >= 0.3 is 5.97 Å². The number of carbonyl (C=O) groups is 1. The Bertz CT molecular complexity index is 996. The second-order valence-corrected chi connectivity index (χ2v) is 6.65. The van der Waals surface area contributed by atoms with Crippen molar-refractivity contribution in [3.05, 3.63) is 59.5 Å². The number of hydrogen-bond donors (Lipinski definition) is 0. The first-order chi connectivity index (χ1) is 13.6. The van der Waals surface area contributed by atoms with Gasteiger partial charge in [0, 0.05) is 17.0 Å². The van der Waals surface area contributed by atoms with E-state index in [1.807, 2.05) is 43.3 Å². The summed E-state index contributed by atoms with van der Waals surface area (Å²) in [5, 5.41) is 3.93. The summed E-state index contributed by atoms with van der Waals surface area (Å²) in [5.41, 5.74) is 2.20. The van der Waals surface area contributed by atoms with Crippen LogP contribution in [-0.2, 0) is 11.3 Å². The molecule has 0 bridgehead atoms. The Morgan fingerprint density at radius 3 is 2.68 bits per heavy atom. The molecule has 7 heteroatoms. The predicted molar refractivity (Wildman–Crippen MR) is 100 cm³/mol. The summed E-state index contributed by atoms with van der Waals surface area (Å²) in [6.07, 6.45) is 0.0203. The Labute approximate surface area is 162 Å². The van der Waals surface area contributed by atoms with E-state index in [0.717, 1.165) is 16.9 Å². The summed E-state index contributed by atoms with van der Waals surface area (Å²) in [6.45, 7) is 3.94. The number of aromatic nitrogens is 2. The Balaban J connectivity index is 1.44. The number of ether oxygens (including phenoxy) is 3. The standard InChI is InChI=1S/C21H20N2O5/c1-12-13(2)27-19-16(12)5-4-6-17(19)21(24)26-11-18-22-20(23-28-18)14-7-9-15(25-3)10-8-14/h4-10,12-13H,11H2,1-3H3. The first-order valence-corrected chi connectivity index (χ1v) is 9.00. The molecule has 2 unspecified atom stereocenters. The zero-order valence-corrected chi connectivity index (χ0v) is 15.8. The number of para-hydroxylation sites is 1. The Morgan fingerprint density at radius 2 is 1.93 bits per heavy atom. The molecule has 1 aromatic heterocycles. The van der Waals surface area contributed by atoms with Crippen LogP contribution in [0.2, 0.25) is 0 Å². The average Bonchev–Trinajstić information content (AvgIpc) is 3.31. The van der Waals surface area contributed by atoms with Crippen molar-refractivity contribution in [2.24, 2.45) is 0 Å². The first-order valence-electron chi connectivity index (χ1n) is 9.00. The number of benzene rings is 2. The molecular weight excluding hydrogens is 360 g/mol. The van der Waals surface area contributed by atoms with Crippen LogP contribution in [0.25, 0.3) is 11.4 Å². The summed E-state index contributed by atoms with van der Waals surface area (Å²) in [7, 11) is 1.60. The van der Waals surface area contributed by atoms with Crippen LogP contribution < -0.4 is 9.47 Å². The third-order valence-electron chi connectivity index (χ3n) is 4.91. The minimum atomic E-state index is -0.484. The largest absolute Gasteiger partial charge is 0.497 e. The van der Waals surface area contributed by atoms with Gasteiger partial charge in [0.1, 0.15) is 23.2 Å². The van der Waals surface area contributed by atoms with Crippen LogP contribution in [-0.4, -0.2) is 29.3 Å². The molecule has 0 fully saturated rings. The number of rotatable bonds is 5. The molecule has 0 spiro atoms. The molecule has 1 aliphatic heterocycles. The van der Waals surface area contributed by atoms with E-state index in [0.29, 0.717) is 17.1 Å².